The number of amides is 2. The maximum absolute atomic E-state index is 14.2. The van der Waals surface area contributed by atoms with Crippen LogP contribution in [0.15, 0.2) is 48.5 Å². The standard InChI is InChI=1S/C24H31FN2O2S/c1-5-18(3)26-24(29)19(4)27(14-21-11-6-7-12-22(21)25)23(28)16-30-15-20-10-8-9-17(2)13-20/h6-13,18-19H,5,14-16H2,1-4H3,(H,26,29). The molecular formula is C24H31FN2O2S. The Morgan fingerprint density at radius 1 is 1.13 bits per heavy atom. The van der Waals surface area contributed by atoms with Crippen LogP contribution >= 0.6 is 11.8 Å². The summed E-state index contributed by atoms with van der Waals surface area (Å²) in [7, 11) is 0. The molecule has 0 aromatic heterocycles. The van der Waals surface area contributed by atoms with E-state index in [2.05, 4.69) is 11.4 Å². The quantitative estimate of drug-likeness (QED) is 0.594. The second kappa shape index (κ2) is 11.7. The number of rotatable bonds is 10. The van der Waals surface area contributed by atoms with Gasteiger partial charge in [-0.3, -0.25) is 9.59 Å². The lowest BCUT2D eigenvalue weighted by Crippen LogP contribution is -2.50. The number of nitrogens with zero attached hydrogens (tertiary/aromatic N) is 1. The largest absolute Gasteiger partial charge is 0.352 e. The predicted octanol–water partition coefficient (Wildman–Crippen LogP) is 4.70. The lowest BCUT2D eigenvalue weighted by atomic mass is 10.1. The molecule has 2 atom stereocenters. The molecule has 1 N–H and O–H groups in total. The van der Waals surface area contributed by atoms with E-state index in [9.17, 15) is 14.0 Å². The molecule has 0 spiro atoms. The third kappa shape index (κ3) is 7.17. The van der Waals surface area contributed by atoms with E-state index >= 15 is 0 Å². The third-order valence-electron chi connectivity index (χ3n) is 5.04. The van der Waals surface area contributed by atoms with Crippen molar-refractivity contribution in [2.75, 3.05) is 5.75 Å². The fraction of sp³-hybridized carbons (Fsp3) is 0.417. The smallest absolute Gasteiger partial charge is 0.242 e. The Hall–Kier alpha value is -2.34. The van der Waals surface area contributed by atoms with Crippen LogP contribution in [0.5, 0.6) is 0 Å². The fourth-order valence-corrected chi connectivity index (χ4v) is 3.86. The van der Waals surface area contributed by atoms with Gasteiger partial charge >= 0.3 is 0 Å². The zero-order valence-corrected chi connectivity index (χ0v) is 19.0. The first-order chi connectivity index (χ1) is 14.3. The van der Waals surface area contributed by atoms with Crippen LogP contribution in [0.4, 0.5) is 4.39 Å². The average Bonchev–Trinajstić information content (AvgIpc) is 2.72. The fourth-order valence-electron chi connectivity index (χ4n) is 3.00. The van der Waals surface area contributed by atoms with E-state index in [4.69, 9.17) is 0 Å². The third-order valence-corrected chi connectivity index (χ3v) is 6.03. The highest BCUT2D eigenvalue weighted by molar-refractivity contribution is 7.99. The van der Waals surface area contributed by atoms with Crippen LogP contribution < -0.4 is 5.32 Å². The monoisotopic (exact) mass is 430 g/mol. The molecule has 30 heavy (non-hydrogen) atoms. The number of benzene rings is 2. The van der Waals surface area contributed by atoms with Crippen molar-refractivity contribution in [1.29, 1.82) is 0 Å². The van der Waals surface area contributed by atoms with Gasteiger partial charge in [0.1, 0.15) is 11.9 Å². The first kappa shape index (κ1) is 23.9. The number of carbonyl (C=O) groups is 2. The van der Waals surface area contributed by atoms with Crippen molar-refractivity contribution in [2.24, 2.45) is 0 Å². The molecule has 0 radical (unpaired) electrons. The van der Waals surface area contributed by atoms with E-state index < -0.39 is 6.04 Å². The molecule has 0 aliphatic heterocycles. The van der Waals surface area contributed by atoms with Gasteiger partial charge in [-0.05, 0) is 38.8 Å². The summed E-state index contributed by atoms with van der Waals surface area (Å²) in [6.45, 7) is 7.70. The number of hydrogen-bond donors (Lipinski definition) is 1. The SMILES string of the molecule is CCC(C)NC(=O)C(C)N(Cc1ccccc1F)C(=O)CSCc1cccc(C)c1. The van der Waals surface area contributed by atoms with Gasteiger partial charge in [-0.25, -0.2) is 4.39 Å². The Balaban J connectivity index is 2.09. The van der Waals surface area contributed by atoms with Crippen molar-refractivity contribution >= 4 is 23.6 Å². The zero-order valence-electron chi connectivity index (χ0n) is 18.2. The predicted molar refractivity (Wildman–Crippen MR) is 122 cm³/mol. The minimum absolute atomic E-state index is 0.0149. The van der Waals surface area contributed by atoms with Gasteiger partial charge < -0.3 is 10.2 Å². The Morgan fingerprint density at radius 3 is 2.53 bits per heavy atom. The van der Waals surface area contributed by atoms with Gasteiger partial charge in [-0.1, -0.05) is 55.0 Å². The van der Waals surface area contributed by atoms with E-state index in [1.165, 1.54) is 28.3 Å². The van der Waals surface area contributed by atoms with Crippen molar-refractivity contribution in [3.63, 3.8) is 0 Å². The molecule has 2 unspecified atom stereocenters. The zero-order chi connectivity index (χ0) is 22.1. The minimum Gasteiger partial charge on any atom is -0.352 e. The van der Waals surface area contributed by atoms with E-state index in [1.807, 2.05) is 39.0 Å². The van der Waals surface area contributed by atoms with Crippen molar-refractivity contribution in [3.05, 3.63) is 71.0 Å². The van der Waals surface area contributed by atoms with Crippen LogP contribution in [-0.4, -0.2) is 34.6 Å². The Kier molecular flexibility index (Phi) is 9.37. The van der Waals surface area contributed by atoms with Crippen LogP contribution in [0.1, 0.15) is 43.9 Å². The van der Waals surface area contributed by atoms with Crippen LogP contribution in [0, 0.1) is 12.7 Å². The van der Waals surface area contributed by atoms with Gasteiger partial charge in [0.15, 0.2) is 0 Å². The summed E-state index contributed by atoms with van der Waals surface area (Å²) in [5.41, 5.74) is 2.73. The molecule has 2 aromatic carbocycles. The maximum Gasteiger partial charge on any atom is 0.242 e. The van der Waals surface area contributed by atoms with Crippen LogP contribution in [0.2, 0.25) is 0 Å². The van der Waals surface area contributed by atoms with Gasteiger partial charge in [0, 0.05) is 23.9 Å². The number of hydrogen-bond acceptors (Lipinski definition) is 3. The number of aryl methyl sites for hydroxylation is 1. The van der Waals surface area contributed by atoms with Crippen molar-refractivity contribution < 1.29 is 14.0 Å². The molecule has 4 nitrogen and oxygen atoms in total. The van der Waals surface area contributed by atoms with Crippen molar-refractivity contribution in [3.8, 4) is 0 Å². The van der Waals surface area contributed by atoms with Crippen LogP contribution in [0.3, 0.4) is 0 Å². The molecule has 0 bridgehead atoms. The highest BCUT2D eigenvalue weighted by Gasteiger charge is 2.27. The van der Waals surface area contributed by atoms with Gasteiger partial charge in [-0.2, -0.15) is 0 Å². The lowest BCUT2D eigenvalue weighted by Gasteiger charge is -2.29. The van der Waals surface area contributed by atoms with Crippen molar-refractivity contribution in [1.82, 2.24) is 10.2 Å². The molecule has 0 saturated heterocycles. The number of nitrogens with one attached hydrogen (secondary N) is 1. The molecule has 162 valence electrons. The van der Waals surface area contributed by atoms with Gasteiger partial charge in [-0.15, -0.1) is 11.8 Å². The molecule has 2 amide bonds. The highest BCUT2D eigenvalue weighted by Crippen LogP contribution is 2.18. The molecule has 0 fully saturated rings. The Bertz CT molecular complexity index is 859. The molecule has 2 rings (SSSR count). The number of carbonyl (C=O) groups excluding carboxylic acids is 2. The van der Waals surface area contributed by atoms with Gasteiger partial charge in [0.25, 0.3) is 0 Å². The second-order valence-electron chi connectivity index (χ2n) is 7.59. The Labute approximate surface area is 183 Å². The number of thioether (sulfide) groups is 1. The maximum atomic E-state index is 14.2. The molecular weight excluding hydrogens is 399 g/mol. The molecule has 0 aliphatic carbocycles. The molecule has 0 aliphatic rings. The summed E-state index contributed by atoms with van der Waals surface area (Å²) in [4.78, 5) is 27.2. The van der Waals surface area contributed by atoms with E-state index in [0.717, 1.165) is 12.0 Å². The highest BCUT2D eigenvalue weighted by atomic mass is 32.2. The lowest BCUT2D eigenvalue weighted by molar-refractivity contribution is -0.139. The summed E-state index contributed by atoms with van der Waals surface area (Å²) in [6.07, 6.45) is 0.798. The summed E-state index contributed by atoms with van der Waals surface area (Å²) in [5.74, 6) is 0.148. The average molecular weight is 431 g/mol. The molecule has 0 saturated carbocycles. The normalized spacial score (nSPS) is 12.8. The van der Waals surface area contributed by atoms with Crippen LogP contribution in [0.25, 0.3) is 0 Å². The Morgan fingerprint density at radius 2 is 1.87 bits per heavy atom. The first-order valence-corrected chi connectivity index (χ1v) is 11.4. The summed E-state index contributed by atoms with van der Waals surface area (Å²) < 4.78 is 14.2. The topological polar surface area (TPSA) is 49.4 Å². The minimum atomic E-state index is -0.689. The molecule has 0 heterocycles. The van der Waals surface area contributed by atoms with E-state index in [0.29, 0.717) is 11.3 Å². The van der Waals surface area contributed by atoms with E-state index in [-0.39, 0.29) is 36.0 Å². The summed E-state index contributed by atoms with van der Waals surface area (Å²) in [5, 5.41) is 2.92. The molecule has 2 aromatic rings. The molecule has 6 heteroatoms. The second-order valence-corrected chi connectivity index (χ2v) is 8.57. The van der Waals surface area contributed by atoms with E-state index in [1.54, 1.807) is 25.1 Å². The van der Waals surface area contributed by atoms with Gasteiger partial charge in [0.2, 0.25) is 11.8 Å². The van der Waals surface area contributed by atoms with Crippen molar-refractivity contribution in [2.45, 2.75) is 58.5 Å². The van der Waals surface area contributed by atoms with Gasteiger partial charge in [0.05, 0.1) is 5.75 Å². The van der Waals surface area contributed by atoms with Crippen LogP contribution in [-0.2, 0) is 21.9 Å². The first-order valence-electron chi connectivity index (χ1n) is 10.3. The number of halogens is 1. The summed E-state index contributed by atoms with van der Waals surface area (Å²) in [6, 6.07) is 13.8. The summed E-state index contributed by atoms with van der Waals surface area (Å²) >= 11 is 1.50.